The molecule has 1 aliphatic heterocycles. The third-order valence-corrected chi connectivity index (χ3v) is 4.06. The molecule has 3 aromatic heterocycles. The van der Waals surface area contributed by atoms with Crippen LogP contribution < -0.4 is 4.90 Å². The van der Waals surface area contributed by atoms with Crippen molar-refractivity contribution in [2.45, 2.75) is 13.5 Å². The minimum atomic E-state index is 0.790. The van der Waals surface area contributed by atoms with E-state index >= 15 is 0 Å². The van der Waals surface area contributed by atoms with Gasteiger partial charge in [0.05, 0.1) is 12.8 Å². The second-order valence-electron chi connectivity index (χ2n) is 5.55. The molecule has 1 saturated heterocycles. The minimum Gasteiger partial charge on any atom is -0.468 e. The Kier molecular flexibility index (Phi) is 3.27. The summed E-state index contributed by atoms with van der Waals surface area (Å²) >= 11 is 0. The predicted molar refractivity (Wildman–Crippen MR) is 81.7 cm³/mol. The minimum absolute atomic E-state index is 0.790. The standard InChI is InChI=1S/C15H18N6O/c1-12-16-17-14-4-5-15(18-21(12)14)20-8-6-19(7-9-20)11-13-3-2-10-22-13/h2-5,10H,6-9,11H2,1H3. The lowest BCUT2D eigenvalue weighted by atomic mass is 10.3. The Bertz CT molecular complexity index is 758. The molecule has 0 radical (unpaired) electrons. The molecular formula is C15H18N6O. The molecule has 0 unspecified atom stereocenters. The van der Waals surface area contributed by atoms with Gasteiger partial charge in [0.15, 0.2) is 11.5 Å². The Morgan fingerprint density at radius 3 is 2.73 bits per heavy atom. The molecular weight excluding hydrogens is 280 g/mol. The summed E-state index contributed by atoms with van der Waals surface area (Å²) in [6.07, 6.45) is 1.73. The van der Waals surface area contributed by atoms with Crippen molar-refractivity contribution in [2.24, 2.45) is 0 Å². The molecule has 1 aliphatic rings. The van der Waals surface area contributed by atoms with Crippen molar-refractivity contribution in [2.75, 3.05) is 31.1 Å². The van der Waals surface area contributed by atoms with Gasteiger partial charge in [0.2, 0.25) is 0 Å². The summed E-state index contributed by atoms with van der Waals surface area (Å²) in [6, 6.07) is 7.95. The summed E-state index contributed by atoms with van der Waals surface area (Å²) in [4.78, 5) is 4.70. The number of anilines is 1. The topological polar surface area (TPSA) is 62.7 Å². The number of piperazine rings is 1. The van der Waals surface area contributed by atoms with Crippen LogP contribution in [0.2, 0.25) is 0 Å². The van der Waals surface area contributed by atoms with E-state index in [1.165, 1.54) is 0 Å². The van der Waals surface area contributed by atoms with Crippen molar-refractivity contribution in [3.05, 3.63) is 42.1 Å². The van der Waals surface area contributed by atoms with Crippen LogP contribution in [0.15, 0.2) is 34.9 Å². The highest BCUT2D eigenvalue weighted by Crippen LogP contribution is 2.16. The Morgan fingerprint density at radius 2 is 1.95 bits per heavy atom. The number of aromatic nitrogens is 4. The molecule has 0 bridgehead atoms. The van der Waals surface area contributed by atoms with Crippen LogP contribution in [0.25, 0.3) is 5.65 Å². The lowest BCUT2D eigenvalue weighted by Crippen LogP contribution is -2.46. The van der Waals surface area contributed by atoms with Crippen molar-refractivity contribution >= 4 is 11.5 Å². The molecule has 114 valence electrons. The molecule has 4 rings (SSSR count). The first kappa shape index (κ1) is 13.3. The second-order valence-corrected chi connectivity index (χ2v) is 5.55. The first-order valence-electron chi connectivity index (χ1n) is 7.48. The summed E-state index contributed by atoms with van der Waals surface area (Å²) in [5, 5.41) is 12.8. The summed E-state index contributed by atoms with van der Waals surface area (Å²) in [7, 11) is 0. The molecule has 3 aromatic rings. The first-order valence-corrected chi connectivity index (χ1v) is 7.48. The Morgan fingerprint density at radius 1 is 1.09 bits per heavy atom. The van der Waals surface area contributed by atoms with Crippen LogP contribution in [0.4, 0.5) is 5.82 Å². The van der Waals surface area contributed by atoms with Crippen molar-refractivity contribution in [1.82, 2.24) is 24.7 Å². The van der Waals surface area contributed by atoms with E-state index < -0.39 is 0 Å². The molecule has 7 nitrogen and oxygen atoms in total. The molecule has 4 heterocycles. The average molecular weight is 298 g/mol. The van der Waals surface area contributed by atoms with Crippen LogP contribution >= 0.6 is 0 Å². The molecule has 22 heavy (non-hydrogen) atoms. The first-order chi connectivity index (χ1) is 10.8. The van der Waals surface area contributed by atoms with E-state index in [2.05, 4.69) is 25.1 Å². The van der Waals surface area contributed by atoms with Gasteiger partial charge in [-0.05, 0) is 31.2 Å². The fourth-order valence-electron chi connectivity index (χ4n) is 2.81. The summed E-state index contributed by atoms with van der Waals surface area (Å²) < 4.78 is 7.21. The summed E-state index contributed by atoms with van der Waals surface area (Å²) in [5.41, 5.74) is 0.790. The number of nitrogens with zero attached hydrogens (tertiary/aromatic N) is 6. The lowest BCUT2D eigenvalue weighted by molar-refractivity contribution is 0.230. The third-order valence-electron chi connectivity index (χ3n) is 4.06. The number of aryl methyl sites for hydroxylation is 1. The highest BCUT2D eigenvalue weighted by Gasteiger charge is 2.19. The van der Waals surface area contributed by atoms with Crippen LogP contribution in [-0.4, -0.2) is 50.9 Å². The molecule has 0 spiro atoms. The van der Waals surface area contributed by atoms with E-state index in [1.807, 2.05) is 31.2 Å². The molecule has 7 heteroatoms. The quantitative estimate of drug-likeness (QED) is 0.727. The van der Waals surface area contributed by atoms with Gasteiger partial charge in [-0.25, -0.2) is 0 Å². The van der Waals surface area contributed by atoms with E-state index in [0.717, 1.165) is 55.8 Å². The fourth-order valence-corrected chi connectivity index (χ4v) is 2.81. The van der Waals surface area contributed by atoms with Crippen molar-refractivity contribution in [3.8, 4) is 0 Å². The van der Waals surface area contributed by atoms with E-state index in [1.54, 1.807) is 10.8 Å². The van der Waals surface area contributed by atoms with E-state index in [0.29, 0.717) is 0 Å². The highest BCUT2D eigenvalue weighted by atomic mass is 16.3. The maximum Gasteiger partial charge on any atom is 0.178 e. The molecule has 0 aliphatic carbocycles. The van der Waals surface area contributed by atoms with E-state index in [-0.39, 0.29) is 0 Å². The largest absolute Gasteiger partial charge is 0.468 e. The number of rotatable bonds is 3. The number of furan rings is 1. The normalized spacial score (nSPS) is 16.5. The van der Waals surface area contributed by atoms with Gasteiger partial charge in [-0.3, -0.25) is 4.90 Å². The zero-order valence-electron chi connectivity index (χ0n) is 12.5. The summed E-state index contributed by atoms with van der Waals surface area (Å²) in [6.45, 7) is 6.71. The number of hydrogen-bond acceptors (Lipinski definition) is 6. The van der Waals surface area contributed by atoms with Gasteiger partial charge in [-0.1, -0.05) is 0 Å². The van der Waals surface area contributed by atoms with Gasteiger partial charge in [0, 0.05) is 26.2 Å². The van der Waals surface area contributed by atoms with Gasteiger partial charge in [-0.15, -0.1) is 15.3 Å². The van der Waals surface area contributed by atoms with E-state index in [9.17, 15) is 0 Å². The molecule has 0 N–H and O–H groups in total. The van der Waals surface area contributed by atoms with Crippen LogP contribution in [0, 0.1) is 6.92 Å². The van der Waals surface area contributed by atoms with Gasteiger partial charge in [0.1, 0.15) is 11.6 Å². The number of fused-ring (bicyclic) bond motifs is 1. The smallest absolute Gasteiger partial charge is 0.178 e. The van der Waals surface area contributed by atoms with Gasteiger partial charge >= 0.3 is 0 Å². The molecule has 0 atom stereocenters. The van der Waals surface area contributed by atoms with Gasteiger partial charge in [-0.2, -0.15) is 4.52 Å². The Labute approximate surface area is 128 Å². The van der Waals surface area contributed by atoms with Crippen LogP contribution in [0.1, 0.15) is 11.6 Å². The lowest BCUT2D eigenvalue weighted by Gasteiger charge is -2.34. The molecule has 0 amide bonds. The Hall–Kier alpha value is -2.41. The number of hydrogen-bond donors (Lipinski definition) is 0. The van der Waals surface area contributed by atoms with Crippen LogP contribution in [-0.2, 0) is 6.54 Å². The van der Waals surface area contributed by atoms with Crippen molar-refractivity contribution < 1.29 is 4.42 Å². The molecule has 1 fully saturated rings. The SMILES string of the molecule is Cc1nnc2ccc(N3CCN(Cc4ccco4)CC3)nn12. The Balaban J connectivity index is 1.44. The van der Waals surface area contributed by atoms with Crippen molar-refractivity contribution in [3.63, 3.8) is 0 Å². The van der Waals surface area contributed by atoms with Gasteiger partial charge < -0.3 is 9.32 Å². The van der Waals surface area contributed by atoms with Crippen LogP contribution in [0.3, 0.4) is 0 Å². The zero-order chi connectivity index (χ0) is 14.9. The van der Waals surface area contributed by atoms with Crippen molar-refractivity contribution in [1.29, 1.82) is 0 Å². The molecule has 0 saturated carbocycles. The maximum absolute atomic E-state index is 5.42. The van der Waals surface area contributed by atoms with Crippen LogP contribution in [0.5, 0.6) is 0 Å². The summed E-state index contributed by atoms with van der Waals surface area (Å²) in [5.74, 6) is 2.81. The monoisotopic (exact) mass is 298 g/mol. The maximum atomic E-state index is 5.42. The van der Waals surface area contributed by atoms with E-state index in [4.69, 9.17) is 4.42 Å². The third kappa shape index (κ3) is 2.43. The zero-order valence-corrected chi connectivity index (χ0v) is 12.5. The second kappa shape index (κ2) is 5.42. The molecule has 0 aromatic carbocycles. The van der Waals surface area contributed by atoms with Gasteiger partial charge in [0.25, 0.3) is 0 Å². The highest BCUT2D eigenvalue weighted by molar-refractivity contribution is 5.46. The average Bonchev–Trinajstić information content (AvgIpc) is 3.18. The fraction of sp³-hybridized carbons (Fsp3) is 0.400. The predicted octanol–water partition coefficient (Wildman–Crippen LogP) is 1.35.